The van der Waals surface area contributed by atoms with Crippen molar-refractivity contribution in [2.45, 2.75) is 44.8 Å². The minimum absolute atomic E-state index is 0.0276. The van der Waals surface area contributed by atoms with E-state index < -0.39 is 11.9 Å². The molecule has 1 aromatic carbocycles. The highest BCUT2D eigenvalue weighted by Crippen LogP contribution is 2.30. The van der Waals surface area contributed by atoms with Gasteiger partial charge in [0.15, 0.2) is 0 Å². The Hall–Kier alpha value is -3.18. The van der Waals surface area contributed by atoms with Crippen LogP contribution in [0.1, 0.15) is 58.4 Å². The molecule has 5 N–H and O–H groups in total. The number of nitrogens with zero attached hydrogens (tertiary/aromatic N) is 2. The van der Waals surface area contributed by atoms with Crippen molar-refractivity contribution < 1.29 is 19.1 Å². The first kappa shape index (κ1) is 24.0. The van der Waals surface area contributed by atoms with E-state index in [0.717, 1.165) is 56.0 Å². The van der Waals surface area contributed by atoms with Crippen molar-refractivity contribution in [3.8, 4) is 5.88 Å². The summed E-state index contributed by atoms with van der Waals surface area (Å²) in [5.74, 6) is -0.811. The van der Waals surface area contributed by atoms with Crippen LogP contribution in [0, 0.1) is 0 Å². The Labute approximate surface area is 202 Å². The molecule has 2 fully saturated rings. The molecular weight excluding hydrogens is 456 g/mol. The summed E-state index contributed by atoms with van der Waals surface area (Å²) in [7, 11) is 0. The average Bonchev–Trinajstić information content (AvgIpc) is 3.31. The van der Waals surface area contributed by atoms with Crippen molar-refractivity contribution in [2.75, 3.05) is 31.5 Å². The summed E-state index contributed by atoms with van der Waals surface area (Å²) >= 11 is 0.929. The normalized spacial score (nSPS) is 15.6. The lowest BCUT2D eigenvalue weighted by molar-refractivity contribution is 0.0949. The fourth-order valence-electron chi connectivity index (χ4n) is 3.79. The van der Waals surface area contributed by atoms with E-state index in [1.807, 2.05) is 6.07 Å². The summed E-state index contributed by atoms with van der Waals surface area (Å²) in [6, 6.07) is 6.92. The highest BCUT2D eigenvalue weighted by Gasteiger charge is 2.24. The molecule has 2 aliphatic rings. The van der Waals surface area contributed by atoms with Crippen LogP contribution in [-0.2, 0) is 6.61 Å². The standard InChI is InChI=1S/C23H30N6O4S/c24-19(30)18-21(33-14-15-5-3-6-16(13-15)20(31)26-17-7-8-17)28-34-22(18)27-23(32)25-9-4-12-29-10-1-2-11-29/h3,5-6,13,17H,1-2,4,7-12,14H2,(H2,24,30)(H,26,31)(H2,25,27,32). The smallest absolute Gasteiger partial charge is 0.319 e. The maximum Gasteiger partial charge on any atom is 0.319 e. The van der Waals surface area contributed by atoms with Crippen LogP contribution in [-0.4, -0.2) is 59.3 Å². The molecule has 1 aliphatic heterocycles. The van der Waals surface area contributed by atoms with E-state index in [9.17, 15) is 14.4 Å². The van der Waals surface area contributed by atoms with Crippen molar-refractivity contribution >= 4 is 34.4 Å². The first-order chi connectivity index (χ1) is 16.5. The van der Waals surface area contributed by atoms with Crippen LogP contribution in [0.2, 0.25) is 0 Å². The number of hydrogen-bond donors (Lipinski definition) is 4. The molecule has 4 amide bonds. The van der Waals surface area contributed by atoms with Gasteiger partial charge in [-0.3, -0.25) is 14.9 Å². The van der Waals surface area contributed by atoms with Gasteiger partial charge in [-0.2, -0.15) is 4.37 Å². The second kappa shape index (κ2) is 11.3. The predicted molar refractivity (Wildman–Crippen MR) is 129 cm³/mol. The van der Waals surface area contributed by atoms with Gasteiger partial charge in [0.1, 0.15) is 17.2 Å². The number of nitrogens with two attached hydrogens (primary N) is 1. The van der Waals surface area contributed by atoms with Crippen LogP contribution >= 0.6 is 11.5 Å². The highest BCUT2D eigenvalue weighted by atomic mass is 32.1. The molecule has 1 saturated carbocycles. The average molecular weight is 487 g/mol. The Kier molecular flexibility index (Phi) is 7.96. The largest absolute Gasteiger partial charge is 0.472 e. The molecule has 1 aromatic heterocycles. The van der Waals surface area contributed by atoms with Gasteiger partial charge < -0.3 is 26.0 Å². The van der Waals surface area contributed by atoms with E-state index in [1.54, 1.807) is 18.2 Å². The molecular formula is C23H30N6O4S. The number of anilines is 1. The zero-order chi connectivity index (χ0) is 23.9. The van der Waals surface area contributed by atoms with Gasteiger partial charge in [-0.1, -0.05) is 12.1 Å². The molecule has 0 spiro atoms. The van der Waals surface area contributed by atoms with Gasteiger partial charge >= 0.3 is 6.03 Å². The number of ether oxygens (including phenoxy) is 1. The molecule has 1 saturated heterocycles. The lowest BCUT2D eigenvalue weighted by atomic mass is 10.1. The minimum atomic E-state index is -0.745. The lowest BCUT2D eigenvalue weighted by Crippen LogP contribution is -2.32. The first-order valence-electron chi connectivity index (χ1n) is 11.6. The van der Waals surface area contributed by atoms with E-state index in [2.05, 4.69) is 25.2 Å². The molecule has 0 unspecified atom stereocenters. The van der Waals surface area contributed by atoms with E-state index in [1.165, 1.54) is 12.8 Å². The molecule has 34 heavy (non-hydrogen) atoms. The first-order valence-corrected chi connectivity index (χ1v) is 12.4. The molecule has 0 atom stereocenters. The van der Waals surface area contributed by atoms with E-state index in [0.29, 0.717) is 12.1 Å². The van der Waals surface area contributed by atoms with Crippen LogP contribution in [0.5, 0.6) is 5.88 Å². The number of carbonyl (C=O) groups excluding carboxylic acids is 3. The quantitative estimate of drug-likeness (QED) is 0.360. The van der Waals surface area contributed by atoms with Gasteiger partial charge in [-0.25, -0.2) is 4.79 Å². The van der Waals surface area contributed by atoms with Gasteiger partial charge in [-0.05, 0) is 81.0 Å². The number of amides is 4. The second-order valence-electron chi connectivity index (χ2n) is 8.58. The monoisotopic (exact) mass is 486 g/mol. The summed E-state index contributed by atoms with van der Waals surface area (Å²) in [6.07, 6.45) is 5.36. The number of aromatic nitrogens is 1. The maximum absolute atomic E-state index is 12.3. The molecule has 2 heterocycles. The topological polar surface area (TPSA) is 139 Å². The minimum Gasteiger partial charge on any atom is -0.472 e. The molecule has 4 rings (SSSR count). The number of nitrogens with one attached hydrogen (secondary N) is 3. The molecule has 10 nitrogen and oxygen atoms in total. The number of rotatable bonds is 11. The second-order valence-corrected chi connectivity index (χ2v) is 9.35. The van der Waals surface area contributed by atoms with Gasteiger partial charge in [0.05, 0.1) is 0 Å². The third-order valence-corrected chi connectivity index (χ3v) is 6.49. The Morgan fingerprint density at radius 1 is 1.21 bits per heavy atom. The third kappa shape index (κ3) is 6.67. The number of urea groups is 1. The van der Waals surface area contributed by atoms with Crippen molar-refractivity contribution in [3.05, 3.63) is 41.0 Å². The van der Waals surface area contributed by atoms with Crippen LogP contribution in [0.4, 0.5) is 9.80 Å². The molecule has 1 aliphatic carbocycles. The van der Waals surface area contributed by atoms with E-state index >= 15 is 0 Å². The third-order valence-electron chi connectivity index (χ3n) is 5.75. The number of carbonyl (C=O) groups is 3. The van der Waals surface area contributed by atoms with E-state index in [-0.39, 0.29) is 35.0 Å². The Balaban J connectivity index is 1.29. The van der Waals surface area contributed by atoms with Crippen LogP contribution < -0.4 is 26.4 Å². The summed E-state index contributed by atoms with van der Waals surface area (Å²) in [5, 5.41) is 8.62. The van der Waals surface area contributed by atoms with Crippen molar-refractivity contribution in [1.82, 2.24) is 19.9 Å². The number of likely N-dealkylation sites (tertiary alicyclic amines) is 1. The van der Waals surface area contributed by atoms with Crippen molar-refractivity contribution in [2.24, 2.45) is 5.73 Å². The summed E-state index contributed by atoms with van der Waals surface area (Å²) < 4.78 is 9.87. The SMILES string of the molecule is NC(=O)c1c(OCc2cccc(C(=O)NC3CC3)c2)nsc1NC(=O)NCCCN1CCCC1. The van der Waals surface area contributed by atoms with Crippen LogP contribution in [0.25, 0.3) is 0 Å². The van der Waals surface area contributed by atoms with E-state index in [4.69, 9.17) is 10.5 Å². The predicted octanol–water partition coefficient (Wildman–Crippen LogP) is 2.32. The molecule has 11 heteroatoms. The fraction of sp³-hybridized carbons (Fsp3) is 0.478. The Morgan fingerprint density at radius 3 is 2.74 bits per heavy atom. The zero-order valence-electron chi connectivity index (χ0n) is 19.0. The summed E-state index contributed by atoms with van der Waals surface area (Å²) in [5.41, 5.74) is 6.85. The molecule has 0 bridgehead atoms. The lowest BCUT2D eigenvalue weighted by Gasteiger charge is -2.14. The van der Waals surface area contributed by atoms with Crippen molar-refractivity contribution in [1.29, 1.82) is 0 Å². The molecule has 182 valence electrons. The number of hydrogen-bond acceptors (Lipinski definition) is 7. The van der Waals surface area contributed by atoms with Crippen molar-refractivity contribution in [3.63, 3.8) is 0 Å². The molecule has 0 radical (unpaired) electrons. The summed E-state index contributed by atoms with van der Waals surface area (Å²) in [6.45, 7) is 3.82. The zero-order valence-corrected chi connectivity index (χ0v) is 19.8. The van der Waals surface area contributed by atoms with Gasteiger partial charge in [0, 0.05) is 18.2 Å². The number of benzene rings is 1. The Bertz CT molecular complexity index is 1030. The van der Waals surface area contributed by atoms with Crippen LogP contribution in [0.3, 0.4) is 0 Å². The summed E-state index contributed by atoms with van der Waals surface area (Å²) in [4.78, 5) is 38.9. The maximum atomic E-state index is 12.3. The van der Waals surface area contributed by atoms with Crippen LogP contribution in [0.15, 0.2) is 24.3 Å². The van der Waals surface area contributed by atoms with Gasteiger partial charge in [0.2, 0.25) is 5.88 Å². The Morgan fingerprint density at radius 2 is 2.00 bits per heavy atom. The fourth-order valence-corrected chi connectivity index (χ4v) is 4.52. The van der Waals surface area contributed by atoms with Gasteiger partial charge in [-0.15, -0.1) is 0 Å². The number of primary amides is 1. The highest BCUT2D eigenvalue weighted by molar-refractivity contribution is 7.11. The van der Waals surface area contributed by atoms with Gasteiger partial charge in [0.25, 0.3) is 11.8 Å². The molecule has 2 aromatic rings.